The Morgan fingerprint density at radius 3 is 2.19 bits per heavy atom. The van der Waals surface area contributed by atoms with Crippen LogP contribution >= 0.6 is 22.6 Å². The first-order chi connectivity index (χ1) is 7.40. The van der Waals surface area contributed by atoms with Gasteiger partial charge in [-0.25, -0.2) is 4.39 Å². The predicted octanol–water partition coefficient (Wildman–Crippen LogP) is 4.57. The van der Waals surface area contributed by atoms with Crippen molar-refractivity contribution >= 4 is 22.6 Å². The molecule has 16 heavy (non-hydrogen) atoms. The molecule has 0 atom stereocenters. The van der Waals surface area contributed by atoms with Crippen molar-refractivity contribution in [3.05, 3.63) is 27.6 Å². The zero-order chi connectivity index (χ0) is 12.8. The Balaban J connectivity index is 0.00000106. The summed E-state index contributed by atoms with van der Waals surface area (Å²) in [6, 6.07) is 4.72. The lowest BCUT2D eigenvalue weighted by Crippen LogP contribution is -2.21. The van der Waals surface area contributed by atoms with Crippen molar-refractivity contribution in [2.24, 2.45) is 0 Å². The van der Waals surface area contributed by atoms with E-state index in [4.69, 9.17) is 9.78 Å². The van der Waals surface area contributed by atoms with E-state index in [0.717, 1.165) is 0 Å². The SMILES string of the molecule is CC.CC(C)(C)OOc1c(F)cccc1I. The van der Waals surface area contributed by atoms with Gasteiger partial charge in [-0.3, -0.25) is 0 Å². The van der Waals surface area contributed by atoms with E-state index >= 15 is 0 Å². The molecule has 1 aromatic rings. The molecule has 92 valence electrons. The Bertz CT molecular complexity index is 301. The maximum atomic E-state index is 13.2. The van der Waals surface area contributed by atoms with Crippen molar-refractivity contribution < 1.29 is 14.2 Å². The number of rotatable bonds is 2. The Labute approximate surface area is 110 Å². The van der Waals surface area contributed by atoms with Gasteiger partial charge in [-0.15, -0.1) is 0 Å². The fraction of sp³-hybridized carbons (Fsp3) is 0.500. The van der Waals surface area contributed by atoms with Crippen molar-refractivity contribution in [3.63, 3.8) is 0 Å². The summed E-state index contributed by atoms with van der Waals surface area (Å²) in [6.07, 6.45) is 0. The summed E-state index contributed by atoms with van der Waals surface area (Å²) in [5.74, 6) is -0.274. The Hall–Kier alpha value is -0.360. The van der Waals surface area contributed by atoms with Gasteiger partial charge in [0.1, 0.15) is 5.60 Å². The summed E-state index contributed by atoms with van der Waals surface area (Å²) < 4.78 is 13.9. The van der Waals surface area contributed by atoms with E-state index in [2.05, 4.69) is 0 Å². The molecule has 0 bridgehead atoms. The van der Waals surface area contributed by atoms with Crippen LogP contribution in [0.2, 0.25) is 0 Å². The third-order valence-corrected chi connectivity index (χ3v) is 2.14. The Morgan fingerprint density at radius 2 is 1.75 bits per heavy atom. The van der Waals surface area contributed by atoms with Crippen LogP contribution < -0.4 is 4.89 Å². The largest absolute Gasteiger partial charge is 0.333 e. The van der Waals surface area contributed by atoms with E-state index in [9.17, 15) is 4.39 Å². The lowest BCUT2D eigenvalue weighted by atomic mass is 10.2. The van der Waals surface area contributed by atoms with Crippen LogP contribution in [0.15, 0.2) is 18.2 Å². The molecule has 0 aliphatic carbocycles. The molecular formula is C12H18FIO2. The highest BCUT2D eigenvalue weighted by Gasteiger charge is 2.16. The van der Waals surface area contributed by atoms with Crippen LogP contribution in [0.25, 0.3) is 0 Å². The molecule has 0 spiro atoms. The molecule has 0 aliphatic heterocycles. The van der Waals surface area contributed by atoms with E-state index < -0.39 is 11.4 Å². The van der Waals surface area contributed by atoms with Crippen LogP contribution in [-0.4, -0.2) is 5.60 Å². The minimum atomic E-state index is -0.453. The van der Waals surface area contributed by atoms with Gasteiger partial charge in [0.15, 0.2) is 5.82 Å². The summed E-state index contributed by atoms with van der Waals surface area (Å²) in [4.78, 5) is 9.98. The third kappa shape index (κ3) is 5.65. The first-order valence-electron chi connectivity index (χ1n) is 5.20. The van der Waals surface area contributed by atoms with Gasteiger partial charge >= 0.3 is 0 Å². The molecular weight excluding hydrogens is 322 g/mol. The molecule has 0 heterocycles. The Morgan fingerprint density at radius 1 is 1.19 bits per heavy atom. The highest BCUT2D eigenvalue weighted by molar-refractivity contribution is 14.1. The summed E-state index contributed by atoms with van der Waals surface area (Å²) in [5.41, 5.74) is -0.453. The zero-order valence-electron chi connectivity index (χ0n) is 10.3. The zero-order valence-corrected chi connectivity index (χ0v) is 12.5. The second kappa shape index (κ2) is 7.06. The number of halogens is 2. The summed E-state index contributed by atoms with van der Waals surface area (Å²) >= 11 is 1.99. The monoisotopic (exact) mass is 340 g/mol. The van der Waals surface area contributed by atoms with E-state index in [-0.39, 0.29) is 5.75 Å². The van der Waals surface area contributed by atoms with Crippen molar-refractivity contribution in [2.75, 3.05) is 0 Å². The molecule has 1 aromatic carbocycles. The van der Waals surface area contributed by atoms with Gasteiger partial charge in [-0.1, -0.05) is 19.9 Å². The van der Waals surface area contributed by atoms with Crippen LogP contribution in [0.4, 0.5) is 4.39 Å². The number of para-hydroxylation sites is 1. The van der Waals surface area contributed by atoms with Crippen LogP contribution in [0.1, 0.15) is 34.6 Å². The van der Waals surface area contributed by atoms with Gasteiger partial charge < -0.3 is 4.89 Å². The van der Waals surface area contributed by atoms with E-state index in [1.807, 2.05) is 57.2 Å². The third-order valence-electron chi connectivity index (χ3n) is 1.29. The van der Waals surface area contributed by atoms with E-state index in [0.29, 0.717) is 3.57 Å². The predicted molar refractivity (Wildman–Crippen MR) is 71.9 cm³/mol. The molecule has 0 unspecified atom stereocenters. The van der Waals surface area contributed by atoms with Crippen molar-refractivity contribution in [3.8, 4) is 5.75 Å². The highest BCUT2D eigenvalue weighted by atomic mass is 127. The highest BCUT2D eigenvalue weighted by Crippen LogP contribution is 2.25. The molecule has 0 radical (unpaired) electrons. The second-order valence-electron chi connectivity index (χ2n) is 3.83. The summed E-state index contributed by atoms with van der Waals surface area (Å²) in [6.45, 7) is 9.50. The fourth-order valence-electron chi connectivity index (χ4n) is 0.729. The van der Waals surface area contributed by atoms with Gasteiger partial charge in [0.2, 0.25) is 5.75 Å². The molecule has 0 fully saturated rings. The van der Waals surface area contributed by atoms with Crippen LogP contribution in [0.5, 0.6) is 5.75 Å². The minimum Gasteiger partial charge on any atom is -0.333 e. The van der Waals surface area contributed by atoms with Crippen LogP contribution in [-0.2, 0) is 4.89 Å². The first-order valence-corrected chi connectivity index (χ1v) is 6.28. The number of benzene rings is 1. The average Bonchev–Trinajstić information content (AvgIpc) is 2.18. The lowest BCUT2D eigenvalue weighted by Gasteiger charge is -2.18. The fourth-order valence-corrected chi connectivity index (χ4v) is 1.28. The normalized spacial score (nSPS) is 10.4. The summed E-state index contributed by atoms with van der Waals surface area (Å²) in [5, 5.41) is 0. The van der Waals surface area contributed by atoms with Gasteiger partial charge in [0.05, 0.1) is 3.57 Å². The van der Waals surface area contributed by atoms with Gasteiger partial charge in [-0.2, -0.15) is 4.89 Å². The molecule has 0 aromatic heterocycles. The molecule has 1 rings (SSSR count). The molecule has 0 aliphatic rings. The minimum absolute atomic E-state index is 0.142. The molecule has 0 N–H and O–H groups in total. The first kappa shape index (κ1) is 15.6. The molecule has 4 heteroatoms. The smallest absolute Gasteiger partial charge is 0.214 e. The Kier molecular flexibility index (Phi) is 6.90. The molecule has 2 nitrogen and oxygen atoms in total. The average molecular weight is 340 g/mol. The van der Waals surface area contributed by atoms with Gasteiger partial charge in [0, 0.05) is 0 Å². The van der Waals surface area contributed by atoms with Crippen LogP contribution in [0, 0.1) is 9.39 Å². The number of hydrogen-bond donors (Lipinski definition) is 0. The maximum absolute atomic E-state index is 13.2. The van der Waals surface area contributed by atoms with Crippen molar-refractivity contribution in [2.45, 2.75) is 40.2 Å². The molecule has 0 saturated heterocycles. The van der Waals surface area contributed by atoms with Crippen molar-refractivity contribution in [1.82, 2.24) is 0 Å². The van der Waals surface area contributed by atoms with E-state index in [1.54, 1.807) is 12.1 Å². The van der Waals surface area contributed by atoms with Crippen molar-refractivity contribution in [1.29, 1.82) is 0 Å². The molecule has 0 saturated carbocycles. The van der Waals surface area contributed by atoms with Gasteiger partial charge in [-0.05, 0) is 55.5 Å². The second-order valence-corrected chi connectivity index (χ2v) is 4.99. The topological polar surface area (TPSA) is 18.5 Å². The summed E-state index contributed by atoms with van der Waals surface area (Å²) in [7, 11) is 0. The van der Waals surface area contributed by atoms with Crippen LogP contribution in [0.3, 0.4) is 0 Å². The quantitative estimate of drug-likeness (QED) is 0.446. The lowest BCUT2D eigenvalue weighted by molar-refractivity contribution is -0.276. The standard InChI is InChI=1S/C10H12FIO2.C2H6/c1-10(2,3)14-13-9-7(11)5-4-6-8(9)12;1-2/h4-6H,1-3H3;1-2H3. The maximum Gasteiger partial charge on any atom is 0.214 e. The molecule has 0 amide bonds. The van der Waals surface area contributed by atoms with Gasteiger partial charge in [0.25, 0.3) is 0 Å². The van der Waals surface area contributed by atoms with E-state index in [1.165, 1.54) is 6.07 Å². The number of hydrogen-bond acceptors (Lipinski definition) is 2.